The molecular formula is C20H23N5O. The maximum Gasteiger partial charge on any atom is 0.272 e. The molecular weight excluding hydrogens is 326 g/mol. The number of H-pyrrole nitrogens is 1. The number of benzene rings is 1. The highest BCUT2D eigenvalue weighted by molar-refractivity contribution is 5.94. The third-order valence-corrected chi connectivity index (χ3v) is 5.43. The van der Waals surface area contributed by atoms with Crippen LogP contribution in [-0.4, -0.2) is 37.3 Å². The van der Waals surface area contributed by atoms with E-state index in [1.54, 1.807) is 0 Å². The standard InChI is InChI=1S/C20H23N5O/c1-12-19(14(3)24(4)23-12)17-11-18(22-21-17)20(26)25-10-9-15-7-5-6-8-16(15)13(25)2/h5-8,11,13H,9-10H2,1-4H3,(H,21,22). The van der Waals surface area contributed by atoms with Crippen molar-refractivity contribution < 1.29 is 4.79 Å². The van der Waals surface area contributed by atoms with E-state index in [2.05, 4.69) is 40.4 Å². The van der Waals surface area contributed by atoms with Gasteiger partial charge in [0, 0.05) is 24.8 Å². The highest BCUT2D eigenvalue weighted by Crippen LogP contribution is 2.31. The monoisotopic (exact) mass is 349 g/mol. The van der Waals surface area contributed by atoms with Crippen LogP contribution in [0.25, 0.3) is 11.3 Å². The summed E-state index contributed by atoms with van der Waals surface area (Å²) in [6, 6.07) is 10.2. The molecule has 1 aromatic carbocycles. The molecule has 0 bridgehead atoms. The Kier molecular flexibility index (Phi) is 3.90. The molecule has 3 heterocycles. The van der Waals surface area contributed by atoms with Gasteiger partial charge in [0.1, 0.15) is 5.69 Å². The molecule has 4 rings (SSSR count). The van der Waals surface area contributed by atoms with E-state index in [0.717, 1.165) is 35.6 Å². The van der Waals surface area contributed by atoms with Crippen molar-refractivity contribution in [2.45, 2.75) is 33.2 Å². The fraction of sp³-hybridized carbons (Fsp3) is 0.350. The molecule has 0 fully saturated rings. The first-order valence-corrected chi connectivity index (χ1v) is 8.92. The Bertz CT molecular complexity index is 984. The van der Waals surface area contributed by atoms with Crippen molar-refractivity contribution in [3.63, 3.8) is 0 Å². The summed E-state index contributed by atoms with van der Waals surface area (Å²) in [4.78, 5) is 15.0. The van der Waals surface area contributed by atoms with Crippen LogP contribution in [-0.2, 0) is 13.5 Å². The molecule has 134 valence electrons. The van der Waals surface area contributed by atoms with Gasteiger partial charge in [-0.1, -0.05) is 24.3 Å². The molecule has 2 aromatic heterocycles. The van der Waals surface area contributed by atoms with Gasteiger partial charge in [0.05, 0.1) is 17.4 Å². The van der Waals surface area contributed by atoms with E-state index in [4.69, 9.17) is 0 Å². The quantitative estimate of drug-likeness (QED) is 0.773. The fourth-order valence-electron chi connectivity index (χ4n) is 3.91. The van der Waals surface area contributed by atoms with Gasteiger partial charge >= 0.3 is 0 Å². The number of rotatable bonds is 2. The summed E-state index contributed by atoms with van der Waals surface area (Å²) >= 11 is 0. The highest BCUT2D eigenvalue weighted by atomic mass is 16.2. The summed E-state index contributed by atoms with van der Waals surface area (Å²) in [5.41, 5.74) is 6.78. The van der Waals surface area contributed by atoms with Gasteiger partial charge in [0.2, 0.25) is 0 Å². The Morgan fingerprint density at radius 3 is 2.77 bits per heavy atom. The number of nitrogens with one attached hydrogen (secondary N) is 1. The summed E-state index contributed by atoms with van der Waals surface area (Å²) in [5, 5.41) is 11.7. The van der Waals surface area contributed by atoms with Crippen molar-refractivity contribution in [1.82, 2.24) is 24.9 Å². The molecule has 0 aliphatic carbocycles. The summed E-state index contributed by atoms with van der Waals surface area (Å²) in [6.07, 6.45) is 0.883. The van der Waals surface area contributed by atoms with Crippen LogP contribution in [0.15, 0.2) is 30.3 Å². The number of nitrogens with zero attached hydrogens (tertiary/aromatic N) is 4. The third-order valence-electron chi connectivity index (χ3n) is 5.43. The Morgan fingerprint density at radius 1 is 1.27 bits per heavy atom. The second-order valence-electron chi connectivity index (χ2n) is 6.96. The number of amides is 1. The summed E-state index contributed by atoms with van der Waals surface area (Å²) in [7, 11) is 1.91. The lowest BCUT2D eigenvalue weighted by atomic mass is 9.93. The summed E-state index contributed by atoms with van der Waals surface area (Å²) < 4.78 is 1.84. The van der Waals surface area contributed by atoms with Gasteiger partial charge in [-0.25, -0.2) is 0 Å². The van der Waals surface area contributed by atoms with E-state index >= 15 is 0 Å². The van der Waals surface area contributed by atoms with Crippen LogP contribution >= 0.6 is 0 Å². The van der Waals surface area contributed by atoms with Crippen LogP contribution in [0.1, 0.15) is 46.0 Å². The number of fused-ring (bicyclic) bond motifs is 1. The predicted molar refractivity (Wildman–Crippen MR) is 99.9 cm³/mol. The molecule has 6 nitrogen and oxygen atoms in total. The third kappa shape index (κ3) is 2.53. The van der Waals surface area contributed by atoms with Crippen LogP contribution in [0.3, 0.4) is 0 Å². The lowest BCUT2D eigenvalue weighted by Crippen LogP contribution is -2.39. The van der Waals surface area contributed by atoms with Crippen LogP contribution in [0, 0.1) is 13.8 Å². The SMILES string of the molecule is Cc1nn(C)c(C)c1-c1cc(C(=O)N2CCc3ccccc3C2C)[nH]n1. The summed E-state index contributed by atoms with van der Waals surface area (Å²) in [5.74, 6) is -0.00931. The Morgan fingerprint density at radius 2 is 2.04 bits per heavy atom. The number of carbonyl (C=O) groups is 1. The highest BCUT2D eigenvalue weighted by Gasteiger charge is 2.29. The van der Waals surface area contributed by atoms with E-state index < -0.39 is 0 Å². The van der Waals surface area contributed by atoms with Crippen molar-refractivity contribution in [2.24, 2.45) is 7.05 Å². The Hall–Kier alpha value is -2.89. The minimum absolute atomic E-state index is 0.00931. The molecule has 1 unspecified atom stereocenters. The minimum atomic E-state index is -0.00931. The van der Waals surface area contributed by atoms with Gasteiger partial charge in [-0.15, -0.1) is 0 Å². The van der Waals surface area contributed by atoms with Crippen LogP contribution in [0.2, 0.25) is 0 Å². The predicted octanol–water partition coefficient (Wildman–Crippen LogP) is 3.19. The zero-order valence-corrected chi connectivity index (χ0v) is 15.6. The number of hydrogen-bond acceptors (Lipinski definition) is 3. The van der Waals surface area contributed by atoms with E-state index in [9.17, 15) is 4.79 Å². The molecule has 1 aliphatic heterocycles. The van der Waals surface area contributed by atoms with Crippen molar-refractivity contribution in [3.05, 3.63) is 58.5 Å². The van der Waals surface area contributed by atoms with Crippen LogP contribution in [0.5, 0.6) is 0 Å². The van der Waals surface area contributed by atoms with Crippen molar-refractivity contribution >= 4 is 5.91 Å². The van der Waals surface area contributed by atoms with Crippen LogP contribution < -0.4 is 0 Å². The lowest BCUT2D eigenvalue weighted by Gasteiger charge is -2.35. The average molecular weight is 349 g/mol. The first-order valence-electron chi connectivity index (χ1n) is 8.92. The molecule has 0 radical (unpaired) electrons. The zero-order chi connectivity index (χ0) is 18.4. The fourth-order valence-corrected chi connectivity index (χ4v) is 3.91. The van der Waals surface area contributed by atoms with Gasteiger partial charge < -0.3 is 4.90 Å². The minimum Gasteiger partial charge on any atom is -0.330 e. The largest absolute Gasteiger partial charge is 0.330 e. The second kappa shape index (κ2) is 6.12. The Labute approximate surface area is 152 Å². The van der Waals surface area contributed by atoms with Gasteiger partial charge in [0.25, 0.3) is 5.91 Å². The normalized spacial score (nSPS) is 16.6. The van der Waals surface area contributed by atoms with Crippen LogP contribution in [0.4, 0.5) is 0 Å². The molecule has 1 amide bonds. The Balaban J connectivity index is 1.63. The number of carbonyl (C=O) groups excluding carboxylic acids is 1. The smallest absolute Gasteiger partial charge is 0.272 e. The second-order valence-corrected chi connectivity index (χ2v) is 6.96. The van der Waals surface area contributed by atoms with Gasteiger partial charge in [-0.2, -0.15) is 10.2 Å². The van der Waals surface area contributed by atoms with E-state index in [0.29, 0.717) is 5.69 Å². The maximum absolute atomic E-state index is 13.1. The molecule has 1 N–H and O–H groups in total. The number of hydrogen-bond donors (Lipinski definition) is 1. The van der Waals surface area contributed by atoms with E-state index in [1.165, 1.54) is 11.1 Å². The van der Waals surface area contributed by atoms with E-state index in [1.807, 2.05) is 42.6 Å². The van der Waals surface area contributed by atoms with Gasteiger partial charge in [-0.05, 0) is 44.4 Å². The van der Waals surface area contributed by atoms with Gasteiger partial charge in [0.15, 0.2) is 0 Å². The molecule has 1 aliphatic rings. The first kappa shape index (κ1) is 16.6. The van der Waals surface area contributed by atoms with Gasteiger partial charge in [-0.3, -0.25) is 14.6 Å². The van der Waals surface area contributed by atoms with Crippen molar-refractivity contribution in [2.75, 3.05) is 6.54 Å². The number of aromatic amines is 1. The number of aryl methyl sites for hydroxylation is 2. The van der Waals surface area contributed by atoms with E-state index in [-0.39, 0.29) is 11.9 Å². The maximum atomic E-state index is 13.1. The molecule has 0 saturated heterocycles. The topological polar surface area (TPSA) is 66.8 Å². The molecule has 0 spiro atoms. The van der Waals surface area contributed by atoms with Crippen molar-refractivity contribution in [1.29, 1.82) is 0 Å². The zero-order valence-electron chi connectivity index (χ0n) is 15.6. The molecule has 26 heavy (non-hydrogen) atoms. The molecule has 6 heteroatoms. The first-order chi connectivity index (χ1) is 12.5. The molecule has 0 saturated carbocycles. The lowest BCUT2D eigenvalue weighted by molar-refractivity contribution is 0.0671. The number of aromatic nitrogens is 4. The summed E-state index contributed by atoms with van der Waals surface area (Å²) in [6.45, 7) is 6.77. The molecule has 1 atom stereocenters. The van der Waals surface area contributed by atoms with Crippen molar-refractivity contribution in [3.8, 4) is 11.3 Å². The average Bonchev–Trinajstić information content (AvgIpc) is 3.20. The molecule has 3 aromatic rings.